The molecule has 24 heavy (non-hydrogen) atoms. The molecule has 1 heterocycles. The van der Waals surface area contributed by atoms with Crippen molar-refractivity contribution in [2.75, 3.05) is 6.61 Å². The molecule has 0 saturated carbocycles. The minimum atomic E-state index is -0.777. The number of nitro benzene ring substituents is 1. The van der Waals surface area contributed by atoms with Crippen molar-refractivity contribution in [2.45, 2.75) is 6.54 Å². The van der Waals surface area contributed by atoms with E-state index in [-0.39, 0.29) is 17.8 Å². The standard InChI is InChI=1S/C16H14N2O6/c19-15(17-10-13-5-3-9-23-13)11-24-16(20)8-7-12-4-1-2-6-14(12)18(21)22/h1-9H,10-11H2,(H,17,19)/b8-7+. The van der Waals surface area contributed by atoms with Crippen molar-refractivity contribution in [3.05, 3.63) is 70.2 Å². The van der Waals surface area contributed by atoms with Crippen LogP contribution in [0.5, 0.6) is 0 Å². The van der Waals surface area contributed by atoms with Gasteiger partial charge in [-0.3, -0.25) is 14.9 Å². The van der Waals surface area contributed by atoms with Crippen LogP contribution in [0, 0.1) is 10.1 Å². The first kappa shape index (κ1) is 16.9. The second-order valence-electron chi connectivity index (χ2n) is 4.61. The summed E-state index contributed by atoms with van der Waals surface area (Å²) in [6.07, 6.45) is 3.78. The number of carbonyl (C=O) groups is 2. The van der Waals surface area contributed by atoms with E-state index in [2.05, 4.69) is 5.32 Å². The summed E-state index contributed by atoms with van der Waals surface area (Å²) in [5.41, 5.74) is 0.138. The van der Waals surface area contributed by atoms with Crippen LogP contribution in [0.1, 0.15) is 11.3 Å². The number of esters is 1. The summed E-state index contributed by atoms with van der Waals surface area (Å²) in [7, 11) is 0. The van der Waals surface area contributed by atoms with Gasteiger partial charge in [-0.2, -0.15) is 0 Å². The Morgan fingerprint density at radius 2 is 2.04 bits per heavy atom. The lowest BCUT2D eigenvalue weighted by Crippen LogP contribution is -2.27. The number of hydrogen-bond donors (Lipinski definition) is 1. The fourth-order valence-electron chi connectivity index (χ4n) is 1.79. The van der Waals surface area contributed by atoms with E-state index in [1.807, 2.05) is 0 Å². The zero-order valence-corrected chi connectivity index (χ0v) is 12.5. The van der Waals surface area contributed by atoms with Crippen molar-refractivity contribution in [2.24, 2.45) is 0 Å². The van der Waals surface area contributed by atoms with Gasteiger partial charge in [0.25, 0.3) is 11.6 Å². The Morgan fingerprint density at radius 3 is 2.75 bits per heavy atom. The largest absolute Gasteiger partial charge is 0.467 e. The molecule has 0 aliphatic rings. The maximum Gasteiger partial charge on any atom is 0.331 e. The Bertz CT molecular complexity index is 752. The van der Waals surface area contributed by atoms with Crippen LogP contribution in [-0.4, -0.2) is 23.4 Å². The number of ether oxygens (including phenoxy) is 1. The number of nitrogens with one attached hydrogen (secondary N) is 1. The van der Waals surface area contributed by atoms with E-state index in [0.29, 0.717) is 5.76 Å². The highest BCUT2D eigenvalue weighted by Crippen LogP contribution is 2.18. The van der Waals surface area contributed by atoms with Crippen LogP contribution < -0.4 is 5.32 Å². The SMILES string of the molecule is O=C(COC(=O)/C=C/c1ccccc1[N+](=O)[O-])NCc1ccco1. The predicted molar refractivity (Wildman–Crippen MR) is 83.6 cm³/mol. The molecule has 1 amide bonds. The van der Waals surface area contributed by atoms with E-state index in [1.54, 1.807) is 18.2 Å². The van der Waals surface area contributed by atoms with Crippen molar-refractivity contribution in [1.29, 1.82) is 0 Å². The smallest absolute Gasteiger partial charge is 0.331 e. The average Bonchev–Trinajstić information content (AvgIpc) is 3.10. The molecule has 0 radical (unpaired) electrons. The Hall–Kier alpha value is -3.42. The zero-order chi connectivity index (χ0) is 17.4. The van der Waals surface area contributed by atoms with Crippen LogP contribution in [0.15, 0.2) is 53.2 Å². The number of nitrogens with zero attached hydrogens (tertiary/aromatic N) is 1. The van der Waals surface area contributed by atoms with E-state index >= 15 is 0 Å². The summed E-state index contributed by atoms with van der Waals surface area (Å²) in [6, 6.07) is 9.35. The lowest BCUT2D eigenvalue weighted by atomic mass is 10.1. The van der Waals surface area contributed by atoms with Gasteiger partial charge in [0.1, 0.15) is 5.76 Å². The number of hydrogen-bond acceptors (Lipinski definition) is 6. The third-order valence-corrected chi connectivity index (χ3v) is 2.92. The molecule has 0 bridgehead atoms. The number of carbonyl (C=O) groups excluding carboxylic acids is 2. The molecule has 0 fully saturated rings. The molecule has 0 unspecified atom stereocenters. The van der Waals surface area contributed by atoms with Gasteiger partial charge in [-0.1, -0.05) is 12.1 Å². The molecule has 1 N–H and O–H groups in total. The van der Waals surface area contributed by atoms with Crippen LogP contribution in [0.3, 0.4) is 0 Å². The van der Waals surface area contributed by atoms with E-state index in [9.17, 15) is 19.7 Å². The lowest BCUT2D eigenvalue weighted by Gasteiger charge is -2.03. The number of rotatable bonds is 7. The predicted octanol–water partition coefficient (Wildman–Crippen LogP) is 2.06. The second-order valence-corrected chi connectivity index (χ2v) is 4.61. The summed E-state index contributed by atoms with van der Waals surface area (Å²) in [6.45, 7) is -0.268. The van der Waals surface area contributed by atoms with Crippen LogP contribution in [-0.2, 0) is 20.9 Å². The minimum absolute atomic E-state index is 0.127. The molecule has 0 saturated heterocycles. The average molecular weight is 330 g/mol. The number of para-hydroxylation sites is 1. The molecule has 2 rings (SSSR count). The van der Waals surface area contributed by atoms with Gasteiger partial charge in [-0.25, -0.2) is 4.79 Å². The summed E-state index contributed by atoms with van der Waals surface area (Å²) >= 11 is 0. The molecule has 2 aromatic rings. The third-order valence-electron chi connectivity index (χ3n) is 2.92. The highest BCUT2D eigenvalue weighted by Gasteiger charge is 2.10. The van der Waals surface area contributed by atoms with Crippen LogP contribution in [0.25, 0.3) is 6.08 Å². The van der Waals surface area contributed by atoms with Crippen molar-refractivity contribution in [3.63, 3.8) is 0 Å². The summed E-state index contributed by atoms with van der Waals surface area (Å²) in [5.74, 6) is -0.689. The zero-order valence-electron chi connectivity index (χ0n) is 12.5. The van der Waals surface area contributed by atoms with E-state index < -0.39 is 23.4 Å². The molecular formula is C16H14N2O6. The monoisotopic (exact) mass is 330 g/mol. The van der Waals surface area contributed by atoms with Gasteiger partial charge < -0.3 is 14.5 Å². The number of benzene rings is 1. The van der Waals surface area contributed by atoms with Crippen LogP contribution >= 0.6 is 0 Å². The maximum atomic E-state index is 11.6. The molecular weight excluding hydrogens is 316 g/mol. The van der Waals surface area contributed by atoms with Gasteiger partial charge in [-0.15, -0.1) is 0 Å². The molecule has 0 aliphatic heterocycles. The molecule has 1 aromatic carbocycles. The van der Waals surface area contributed by atoms with Crippen LogP contribution in [0.4, 0.5) is 5.69 Å². The molecule has 0 spiro atoms. The van der Waals surface area contributed by atoms with E-state index in [0.717, 1.165) is 6.08 Å². The number of nitro groups is 1. The number of amides is 1. The summed E-state index contributed by atoms with van der Waals surface area (Å²) < 4.78 is 9.80. The Balaban J connectivity index is 1.80. The maximum absolute atomic E-state index is 11.6. The second kappa shape index (κ2) is 8.28. The molecule has 1 aromatic heterocycles. The van der Waals surface area contributed by atoms with Gasteiger partial charge in [-0.05, 0) is 24.3 Å². The summed E-state index contributed by atoms with van der Waals surface area (Å²) in [5, 5.41) is 13.4. The Labute approximate surface area is 136 Å². The van der Waals surface area contributed by atoms with Gasteiger partial charge in [0, 0.05) is 12.1 Å². The van der Waals surface area contributed by atoms with Crippen molar-refractivity contribution < 1.29 is 23.7 Å². The quantitative estimate of drug-likeness (QED) is 0.360. The molecule has 8 heteroatoms. The first-order valence-electron chi connectivity index (χ1n) is 6.93. The fourth-order valence-corrected chi connectivity index (χ4v) is 1.79. The van der Waals surface area contributed by atoms with Gasteiger partial charge in [0.15, 0.2) is 6.61 Å². The lowest BCUT2D eigenvalue weighted by molar-refractivity contribution is -0.385. The van der Waals surface area contributed by atoms with Gasteiger partial charge in [0.2, 0.25) is 0 Å². The van der Waals surface area contributed by atoms with Crippen molar-refractivity contribution in [3.8, 4) is 0 Å². The molecule has 0 atom stereocenters. The van der Waals surface area contributed by atoms with Crippen molar-refractivity contribution >= 4 is 23.6 Å². The third kappa shape index (κ3) is 5.09. The topological polar surface area (TPSA) is 112 Å². The van der Waals surface area contributed by atoms with Crippen molar-refractivity contribution in [1.82, 2.24) is 5.32 Å². The molecule has 124 valence electrons. The first-order chi connectivity index (χ1) is 11.6. The highest BCUT2D eigenvalue weighted by atomic mass is 16.6. The number of furan rings is 1. The normalized spacial score (nSPS) is 10.5. The van der Waals surface area contributed by atoms with Gasteiger partial charge in [0.05, 0.1) is 23.3 Å². The van der Waals surface area contributed by atoms with E-state index in [4.69, 9.17) is 9.15 Å². The Kier molecular flexibility index (Phi) is 5.84. The molecule has 8 nitrogen and oxygen atoms in total. The molecule has 0 aliphatic carbocycles. The van der Waals surface area contributed by atoms with Crippen LogP contribution in [0.2, 0.25) is 0 Å². The summed E-state index contributed by atoms with van der Waals surface area (Å²) in [4.78, 5) is 33.4. The fraction of sp³-hybridized carbons (Fsp3) is 0.125. The highest BCUT2D eigenvalue weighted by molar-refractivity contribution is 5.89. The minimum Gasteiger partial charge on any atom is -0.467 e. The van der Waals surface area contributed by atoms with E-state index in [1.165, 1.54) is 30.5 Å². The first-order valence-corrected chi connectivity index (χ1v) is 6.93. The Morgan fingerprint density at radius 1 is 1.25 bits per heavy atom. The van der Waals surface area contributed by atoms with Gasteiger partial charge >= 0.3 is 5.97 Å².